The van der Waals surface area contributed by atoms with Crippen LogP contribution in [-0.4, -0.2) is 33.6 Å². The number of amides is 1. The Balaban J connectivity index is 1.88. The highest BCUT2D eigenvalue weighted by Crippen LogP contribution is 2.43. The molecule has 1 unspecified atom stereocenters. The molecule has 0 bridgehead atoms. The summed E-state index contributed by atoms with van der Waals surface area (Å²) < 4.78 is 5.42. The van der Waals surface area contributed by atoms with Gasteiger partial charge in [-0.1, -0.05) is 12.1 Å². The van der Waals surface area contributed by atoms with Crippen LogP contribution in [0.5, 0.6) is 5.75 Å². The summed E-state index contributed by atoms with van der Waals surface area (Å²) in [7, 11) is 0. The highest BCUT2D eigenvalue weighted by molar-refractivity contribution is 7.14. The van der Waals surface area contributed by atoms with Crippen molar-refractivity contribution in [2.75, 3.05) is 17.0 Å². The molecule has 1 atom stereocenters. The number of aliphatic hydroxyl groups excluding tert-OH is 1. The van der Waals surface area contributed by atoms with Gasteiger partial charge in [0.15, 0.2) is 5.13 Å². The largest absolute Gasteiger partial charge is 0.507 e. The maximum atomic E-state index is 13.0. The van der Waals surface area contributed by atoms with Crippen molar-refractivity contribution in [2.24, 2.45) is 0 Å². The number of ether oxygens (including phenoxy) is 1. The highest BCUT2D eigenvalue weighted by Gasteiger charge is 2.48. The van der Waals surface area contributed by atoms with Crippen molar-refractivity contribution in [1.82, 2.24) is 4.98 Å². The Hall–Kier alpha value is -3.69. The molecule has 2 heterocycles. The van der Waals surface area contributed by atoms with Gasteiger partial charge in [0.05, 0.1) is 23.9 Å². The number of carbonyl (C=O) groups excluding carboxylic acids is 2. The van der Waals surface area contributed by atoms with Gasteiger partial charge in [0.2, 0.25) is 0 Å². The minimum Gasteiger partial charge on any atom is -0.507 e. The average molecular weight is 437 g/mol. The van der Waals surface area contributed by atoms with Gasteiger partial charge in [0.1, 0.15) is 11.5 Å². The summed E-state index contributed by atoms with van der Waals surface area (Å²) in [6.45, 7) is 2.36. The molecule has 1 aliphatic rings. The van der Waals surface area contributed by atoms with Crippen molar-refractivity contribution in [3.63, 3.8) is 0 Å². The fourth-order valence-electron chi connectivity index (χ4n) is 3.49. The average Bonchev–Trinajstić information content (AvgIpc) is 3.41. The van der Waals surface area contributed by atoms with E-state index in [-0.39, 0.29) is 11.3 Å². The van der Waals surface area contributed by atoms with Gasteiger partial charge in [0, 0.05) is 17.1 Å². The topological polar surface area (TPSA) is 112 Å². The first-order chi connectivity index (χ1) is 15.0. The summed E-state index contributed by atoms with van der Waals surface area (Å²) in [6.07, 6.45) is 1.54. The van der Waals surface area contributed by atoms with Crippen molar-refractivity contribution in [3.05, 3.63) is 76.8 Å². The number of nitrogens with one attached hydrogen (secondary N) is 1. The number of anilines is 2. The number of benzene rings is 2. The normalized spacial score (nSPS) is 17.7. The van der Waals surface area contributed by atoms with E-state index in [0.29, 0.717) is 34.3 Å². The van der Waals surface area contributed by atoms with E-state index in [0.717, 1.165) is 0 Å². The van der Waals surface area contributed by atoms with Crippen LogP contribution in [0.4, 0.5) is 10.8 Å². The number of aromatic nitrogens is 1. The second kappa shape index (κ2) is 8.58. The van der Waals surface area contributed by atoms with Gasteiger partial charge in [0.25, 0.3) is 5.78 Å². The zero-order valence-electron chi connectivity index (χ0n) is 16.5. The molecule has 2 aromatic carbocycles. The van der Waals surface area contributed by atoms with Gasteiger partial charge in [-0.15, -0.1) is 11.3 Å². The van der Waals surface area contributed by atoms with Crippen molar-refractivity contribution in [2.45, 2.75) is 13.0 Å². The molecule has 1 fully saturated rings. The molecule has 8 nitrogen and oxygen atoms in total. The lowest BCUT2D eigenvalue weighted by Gasteiger charge is -2.23. The van der Waals surface area contributed by atoms with Crippen molar-refractivity contribution < 1.29 is 24.6 Å². The molecule has 9 heteroatoms. The lowest BCUT2D eigenvalue weighted by molar-refractivity contribution is -0.132. The monoisotopic (exact) mass is 437 g/mol. The Bertz CT molecular complexity index is 1140. The maximum Gasteiger partial charge on any atom is 0.301 e. The van der Waals surface area contributed by atoms with E-state index < -0.39 is 17.7 Å². The van der Waals surface area contributed by atoms with E-state index in [1.807, 2.05) is 6.92 Å². The molecular weight excluding hydrogens is 418 g/mol. The van der Waals surface area contributed by atoms with Gasteiger partial charge in [-0.3, -0.25) is 25.2 Å². The lowest BCUT2D eigenvalue weighted by atomic mass is 9.95. The van der Waals surface area contributed by atoms with Gasteiger partial charge >= 0.3 is 5.91 Å². The number of Topliss-reactive ketones (excluding diaryl/α,β-unsaturated/α-hetero) is 1. The highest BCUT2D eigenvalue weighted by atomic mass is 32.1. The maximum absolute atomic E-state index is 13.0. The molecular formula is C22H19N3O5S. The fraction of sp³-hybridized carbons (Fsp3) is 0.136. The second-order valence-corrected chi connectivity index (χ2v) is 7.55. The third-order valence-electron chi connectivity index (χ3n) is 4.84. The smallest absolute Gasteiger partial charge is 0.301 e. The van der Waals surface area contributed by atoms with Crippen LogP contribution >= 0.6 is 11.3 Å². The van der Waals surface area contributed by atoms with Crippen LogP contribution in [0, 0.1) is 0 Å². The van der Waals surface area contributed by atoms with E-state index in [2.05, 4.69) is 10.5 Å². The Morgan fingerprint density at radius 3 is 2.65 bits per heavy atom. The predicted octanol–water partition coefficient (Wildman–Crippen LogP) is 3.97. The van der Waals surface area contributed by atoms with Crippen LogP contribution in [0.25, 0.3) is 5.76 Å². The molecule has 31 heavy (non-hydrogen) atoms. The third kappa shape index (κ3) is 3.76. The van der Waals surface area contributed by atoms with E-state index in [1.165, 1.54) is 22.4 Å². The molecule has 158 valence electrons. The molecule has 1 amide bonds. The molecule has 1 aliphatic heterocycles. The molecule has 0 spiro atoms. The number of hydrogen-bond donors (Lipinski definition) is 3. The number of hydrogen-bond acceptors (Lipinski definition) is 8. The predicted molar refractivity (Wildman–Crippen MR) is 116 cm³/mol. The standard InChI is InChI=1S/C22H19N3O5S/c1-2-30-16-8-6-13(7-9-16)19(26)17-18(14-4-3-5-15(12-14)24-29)25(21(28)20(17)27)22-23-10-11-31-22/h3-12,18,24,26,29H,2H2,1H3/b19-17+. The molecule has 0 aliphatic carbocycles. The van der Waals surface area contributed by atoms with Crippen LogP contribution in [0.15, 0.2) is 65.7 Å². The van der Waals surface area contributed by atoms with Gasteiger partial charge in [-0.05, 0) is 48.9 Å². The number of nitrogens with zero attached hydrogens (tertiary/aromatic N) is 2. The SMILES string of the molecule is CCOc1ccc(/C(O)=C2\C(=O)C(=O)N(c3nccs3)C2c2cccc(NO)c2)cc1. The summed E-state index contributed by atoms with van der Waals surface area (Å²) >= 11 is 1.21. The summed E-state index contributed by atoms with van der Waals surface area (Å²) in [6, 6.07) is 12.3. The molecule has 3 aromatic rings. The summed E-state index contributed by atoms with van der Waals surface area (Å²) in [5.74, 6) is -1.27. The van der Waals surface area contributed by atoms with Crippen molar-refractivity contribution in [3.8, 4) is 5.75 Å². The second-order valence-electron chi connectivity index (χ2n) is 6.68. The number of carbonyl (C=O) groups is 2. The van der Waals surface area contributed by atoms with Crippen molar-refractivity contribution >= 4 is 39.6 Å². The number of rotatable bonds is 6. The third-order valence-corrected chi connectivity index (χ3v) is 5.61. The molecule has 3 N–H and O–H groups in total. The summed E-state index contributed by atoms with van der Waals surface area (Å²) in [4.78, 5) is 31.4. The molecule has 4 rings (SSSR count). The van der Waals surface area contributed by atoms with Crippen molar-refractivity contribution in [1.29, 1.82) is 0 Å². The summed E-state index contributed by atoms with van der Waals surface area (Å²) in [5.41, 5.74) is 3.29. The van der Waals surface area contributed by atoms with Gasteiger partial charge in [-0.25, -0.2) is 4.98 Å². The molecule has 1 saturated heterocycles. The first-order valence-electron chi connectivity index (χ1n) is 9.49. The lowest BCUT2D eigenvalue weighted by Crippen LogP contribution is -2.29. The van der Waals surface area contributed by atoms with E-state index in [9.17, 15) is 19.9 Å². The number of thiazole rings is 1. The minimum atomic E-state index is -0.911. The fourth-order valence-corrected chi connectivity index (χ4v) is 4.16. The van der Waals surface area contributed by atoms with Crippen LogP contribution in [0.1, 0.15) is 24.1 Å². The van der Waals surface area contributed by atoms with E-state index in [1.54, 1.807) is 53.9 Å². The Morgan fingerprint density at radius 1 is 1.23 bits per heavy atom. The zero-order valence-corrected chi connectivity index (χ0v) is 17.3. The quantitative estimate of drug-likeness (QED) is 0.231. The first kappa shape index (κ1) is 20.6. The first-order valence-corrected chi connectivity index (χ1v) is 10.4. The summed E-state index contributed by atoms with van der Waals surface area (Å²) in [5, 5.41) is 22.4. The minimum absolute atomic E-state index is 0.0561. The van der Waals surface area contributed by atoms with Crippen LogP contribution in [0.3, 0.4) is 0 Å². The zero-order chi connectivity index (χ0) is 22.0. The Labute approximate surface area is 182 Å². The van der Waals surface area contributed by atoms with Crippen LogP contribution in [0.2, 0.25) is 0 Å². The Morgan fingerprint density at radius 2 is 2.00 bits per heavy atom. The Kier molecular flexibility index (Phi) is 5.70. The van der Waals surface area contributed by atoms with Gasteiger partial charge < -0.3 is 9.84 Å². The van der Waals surface area contributed by atoms with Crippen LogP contribution in [-0.2, 0) is 9.59 Å². The number of ketones is 1. The molecule has 0 saturated carbocycles. The van der Waals surface area contributed by atoms with Gasteiger partial charge in [-0.2, -0.15) is 0 Å². The van der Waals surface area contributed by atoms with Crippen LogP contribution < -0.4 is 15.1 Å². The van der Waals surface area contributed by atoms with E-state index >= 15 is 0 Å². The number of aliphatic hydroxyl groups is 1. The molecule has 0 radical (unpaired) electrons. The van der Waals surface area contributed by atoms with E-state index in [4.69, 9.17) is 4.74 Å². The molecule has 1 aromatic heterocycles.